The summed E-state index contributed by atoms with van der Waals surface area (Å²) < 4.78 is 0. The van der Waals surface area contributed by atoms with Crippen molar-refractivity contribution < 1.29 is 5.11 Å². The van der Waals surface area contributed by atoms with E-state index in [1.54, 1.807) is 6.92 Å². The normalized spacial score (nSPS) is 16.2. The van der Waals surface area contributed by atoms with E-state index in [9.17, 15) is 0 Å². The van der Waals surface area contributed by atoms with Gasteiger partial charge in [0.25, 0.3) is 0 Å². The highest BCUT2D eigenvalue weighted by atomic mass is 16.3. The van der Waals surface area contributed by atoms with Gasteiger partial charge in [0.1, 0.15) is 0 Å². The number of rotatable bonds is 3. The molecule has 3 heteroatoms. The van der Waals surface area contributed by atoms with E-state index < -0.39 is 6.10 Å². The minimum Gasteiger partial charge on any atom is -0.392 e. The van der Waals surface area contributed by atoms with Crippen LogP contribution in [0, 0.1) is 11.3 Å². The lowest BCUT2D eigenvalue weighted by molar-refractivity contribution is 0.160. The van der Waals surface area contributed by atoms with Gasteiger partial charge in [0, 0.05) is 12.5 Å². The molecule has 0 aromatic heterocycles. The van der Waals surface area contributed by atoms with Crippen LogP contribution in [-0.4, -0.2) is 17.3 Å². The Bertz CT molecular complexity index is 106. The van der Waals surface area contributed by atoms with Gasteiger partial charge in [-0.2, -0.15) is 5.26 Å². The van der Waals surface area contributed by atoms with Gasteiger partial charge in [0.05, 0.1) is 12.2 Å². The standard InChI is InChI=1S/C6H12N2O/c1-5(9)6(8)3-2-4-7/h5-6,9H,2-3,8H2,1H3. The molecular weight excluding hydrogens is 116 g/mol. The van der Waals surface area contributed by atoms with E-state index in [0.29, 0.717) is 12.8 Å². The van der Waals surface area contributed by atoms with Gasteiger partial charge in [-0.05, 0) is 13.3 Å². The zero-order valence-corrected chi connectivity index (χ0v) is 5.54. The number of nitriles is 1. The van der Waals surface area contributed by atoms with E-state index >= 15 is 0 Å². The average molecular weight is 128 g/mol. The van der Waals surface area contributed by atoms with Crippen molar-refractivity contribution in [3.05, 3.63) is 0 Å². The van der Waals surface area contributed by atoms with Crippen molar-refractivity contribution in [1.82, 2.24) is 0 Å². The fourth-order valence-corrected chi connectivity index (χ4v) is 0.472. The van der Waals surface area contributed by atoms with Gasteiger partial charge in [0.15, 0.2) is 0 Å². The smallest absolute Gasteiger partial charge is 0.0663 e. The number of nitrogens with zero attached hydrogens (tertiary/aromatic N) is 1. The zero-order valence-electron chi connectivity index (χ0n) is 5.54. The molecule has 0 spiro atoms. The molecule has 2 atom stereocenters. The van der Waals surface area contributed by atoms with Crippen LogP contribution in [0.15, 0.2) is 0 Å². The topological polar surface area (TPSA) is 70.0 Å². The summed E-state index contributed by atoms with van der Waals surface area (Å²) in [6.07, 6.45) is 0.499. The number of aliphatic hydroxyl groups is 1. The van der Waals surface area contributed by atoms with Crippen LogP contribution in [0.1, 0.15) is 19.8 Å². The third-order valence-electron chi connectivity index (χ3n) is 1.21. The van der Waals surface area contributed by atoms with Crippen LogP contribution < -0.4 is 5.73 Å². The highest BCUT2D eigenvalue weighted by molar-refractivity contribution is 4.76. The van der Waals surface area contributed by atoms with Gasteiger partial charge in [-0.25, -0.2) is 0 Å². The van der Waals surface area contributed by atoms with Gasteiger partial charge < -0.3 is 10.8 Å². The number of hydrogen-bond donors (Lipinski definition) is 2. The largest absolute Gasteiger partial charge is 0.392 e. The Balaban J connectivity index is 3.29. The first-order valence-electron chi connectivity index (χ1n) is 2.99. The molecule has 0 saturated heterocycles. The van der Waals surface area contributed by atoms with Gasteiger partial charge in [-0.3, -0.25) is 0 Å². The predicted molar refractivity (Wildman–Crippen MR) is 34.5 cm³/mol. The molecule has 0 aliphatic rings. The zero-order chi connectivity index (χ0) is 7.28. The molecule has 0 bridgehead atoms. The molecule has 0 saturated carbocycles. The summed E-state index contributed by atoms with van der Waals surface area (Å²) in [5, 5.41) is 16.9. The second-order valence-electron chi connectivity index (χ2n) is 2.10. The van der Waals surface area contributed by atoms with Crippen molar-refractivity contribution >= 4 is 0 Å². The second kappa shape index (κ2) is 4.30. The van der Waals surface area contributed by atoms with Gasteiger partial charge in [-0.1, -0.05) is 0 Å². The van der Waals surface area contributed by atoms with Gasteiger partial charge >= 0.3 is 0 Å². The van der Waals surface area contributed by atoms with E-state index in [2.05, 4.69) is 0 Å². The van der Waals surface area contributed by atoms with E-state index in [1.165, 1.54) is 0 Å². The van der Waals surface area contributed by atoms with Crippen molar-refractivity contribution in [3.8, 4) is 6.07 Å². The second-order valence-corrected chi connectivity index (χ2v) is 2.10. The molecule has 0 aliphatic carbocycles. The quantitative estimate of drug-likeness (QED) is 0.562. The number of hydrogen-bond acceptors (Lipinski definition) is 3. The predicted octanol–water partition coefficient (Wildman–Crippen LogP) is -0.00172. The summed E-state index contributed by atoms with van der Waals surface area (Å²) in [4.78, 5) is 0. The molecule has 0 aromatic carbocycles. The van der Waals surface area contributed by atoms with E-state index in [4.69, 9.17) is 16.1 Å². The molecule has 0 aromatic rings. The first-order chi connectivity index (χ1) is 4.18. The molecular formula is C6H12N2O. The van der Waals surface area contributed by atoms with Crippen LogP contribution in [0.5, 0.6) is 0 Å². The van der Waals surface area contributed by atoms with Crippen molar-refractivity contribution in [2.45, 2.75) is 31.9 Å². The lowest BCUT2D eigenvalue weighted by Crippen LogP contribution is -2.31. The van der Waals surface area contributed by atoms with Crippen LogP contribution >= 0.6 is 0 Å². The molecule has 0 fully saturated rings. The Morgan fingerprint density at radius 1 is 1.78 bits per heavy atom. The molecule has 0 amide bonds. The Morgan fingerprint density at radius 3 is 2.67 bits per heavy atom. The molecule has 0 heterocycles. The number of aliphatic hydroxyl groups excluding tert-OH is 1. The summed E-state index contributed by atoms with van der Waals surface area (Å²) >= 11 is 0. The summed E-state index contributed by atoms with van der Waals surface area (Å²) in [6.45, 7) is 1.63. The highest BCUT2D eigenvalue weighted by Gasteiger charge is 2.06. The lowest BCUT2D eigenvalue weighted by Gasteiger charge is -2.11. The summed E-state index contributed by atoms with van der Waals surface area (Å²) in [6, 6.07) is 1.72. The fraction of sp³-hybridized carbons (Fsp3) is 0.833. The Hall–Kier alpha value is -0.590. The number of nitrogens with two attached hydrogens (primary N) is 1. The minimum absolute atomic E-state index is 0.246. The summed E-state index contributed by atoms with van der Waals surface area (Å²) in [5.74, 6) is 0. The summed E-state index contributed by atoms with van der Waals surface area (Å²) in [5.41, 5.74) is 5.40. The summed E-state index contributed by atoms with van der Waals surface area (Å²) in [7, 11) is 0. The maximum atomic E-state index is 8.81. The van der Waals surface area contributed by atoms with Crippen molar-refractivity contribution in [2.75, 3.05) is 0 Å². The van der Waals surface area contributed by atoms with Crippen molar-refractivity contribution in [2.24, 2.45) is 5.73 Å². The third-order valence-corrected chi connectivity index (χ3v) is 1.21. The van der Waals surface area contributed by atoms with Crippen molar-refractivity contribution in [1.29, 1.82) is 5.26 Å². The van der Waals surface area contributed by atoms with E-state index in [-0.39, 0.29) is 6.04 Å². The third kappa shape index (κ3) is 3.95. The van der Waals surface area contributed by atoms with Gasteiger partial charge in [-0.15, -0.1) is 0 Å². The van der Waals surface area contributed by atoms with E-state index in [1.807, 2.05) is 6.07 Å². The van der Waals surface area contributed by atoms with Gasteiger partial charge in [0.2, 0.25) is 0 Å². The minimum atomic E-state index is -0.502. The molecule has 2 unspecified atom stereocenters. The molecule has 9 heavy (non-hydrogen) atoms. The fourth-order valence-electron chi connectivity index (χ4n) is 0.472. The van der Waals surface area contributed by atoms with Crippen LogP contribution in [0.3, 0.4) is 0 Å². The van der Waals surface area contributed by atoms with Crippen molar-refractivity contribution in [3.63, 3.8) is 0 Å². The van der Waals surface area contributed by atoms with Crippen LogP contribution in [0.4, 0.5) is 0 Å². The Kier molecular flexibility index (Phi) is 4.02. The molecule has 0 aliphatic heterocycles. The van der Waals surface area contributed by atoms with Crippen LogP contribution in [0.2, 0.25) is 0 Å². The van der Waals surface area contributed by atoms with Crippen LogP contribution in [0.25, 0.3) is 0 Å². The highest BCUT2D eigenvalue weighted by Crippen LogP contribution is 1.97. The molecule has 0 radical (unpaired) electrons. The monoisotopic (exact) mass is 128 g/mol. The lowest BCUT2D eigenvalue weighted by atomic mass is 10.1. The maximum absolute atomic E-state index is 8.81. The molecule has 0 rings (SSSR count). The van der Waals surface area contributed by atoms with E-state index in [0.717, 1.165) is 0 Å². The molecule has 52 valence electrons. The maximum Gasteiger partial charge on any atom is 0.0663 e. The average Bonchev–Trinajstić information content (AvgIpc) is 1.82. The Morgan fingerprint density at radius 2 is 2.33 bits per heavy atom. The first kappa shape index (κ1) is 8.41. The SMILES string of the molecule is CC(O)C(N)CCC#N. The molecule has 3 N–H and O–H groups in total. The first-order valence-corrected chi connectivity index (χ1v) is 2.99. The Labute approximate surface area is 55.1 Å². The molecule has 3 nitrogen and oxygen atoms in total. The van der Waals surface area contributed by atoms with Crippen LogP contribution in [-0.2, 0) is 0 Å².